The van der Waals surface area contributed by atoms with Gasteiger partial charge in [0.1, 0.15) is 6.17 Å². The van der Waals surface area contributed by atoms with Gasteiger partial charge in [-0.2, -0.15) is 0 Å². The molecule has 2 saturated heterocycles. The molecule has 0 aromatic heterocycles. The van der Waals surface area contributed by atoms with Crippen molar-refractivity contribution in [3.05, 3.63) is 35.4 Å². The fourth-order valence-corrected chi connectivity index (χ4v) is 4.44. The highest BCUT2D eigenvalue weighted by molar-refractivity contribution is 5.84. The van der Waals surface area contributed by atoms with Crippen LogP contribution >= 0.6 is 0 Å². The highest BCUT2D eigenvalue weighted by Crippen LogP contribution is 2.27. The molecule has 1 aromatic carbocycles. The van der Waals surface area contributed by atoms with Gasteiger partial charge in [0.05, 0.1) is 18.5 Å². The molecule has 0 bridgehead atoms. The van der Waals surface area contributed by atoms with Crippen LogP contribution < -0.4 is 16.0 Å². The molecular weight excluding hydrogens is 463 g/mol. The summed E-state index contributed by atoms with van der Waals surface area (Å²) in [6, 6.07) is 6.09. The maximum atomic E-state index is 13.4. The van der Waals surface area contributed by atoms with E-state index < -0.39 is 24.2 Å². The minimum atomic E-state index is -1.04. The van der Waals surface area contributed by atoms with Crippen LogP contribution in [-0.2, 0) is 20.9 Å². The van der Waals surface area contributed by atoms with E-state index in [0.29, 0.717) is 25.4 Å². The number of benzene rings is 1. The number of carbonyl (C=O) groups excluding carboxylic acids is 2. The second kappa shape index (κ2) is 12.0. The number of likely N-dealkylation sites (tertiary alicyclic amines) is 1. The summed E-state index contributed by atoms with van der Waals surface area (Å²) in [4.78, 5) is 38.4. The summed E-state index contributed by atoms with van der Waals surface area (Å²) in [5.41, 5.74) is 1.76. The average molecular weight is 495 g/mol. The maximum Gasteiger partial charge on any atom is 0.304 e. The first-order valence-corrected chi connectivity index (χ1v) is 12.4. The van der Waals surface area contributed by atoms with Crippen molar-refractivity contribution >= 4 is 17.8 Å². The monoisotopic (exact) mass is 494 g/mol. The number of rotatable bonds is 8. The van der Waals surface area contributed by atoms with Gasteiger partial charge in [-0.25, -0.2) is 4.39 Å². The summed E-state index contributed by atoms with van der Waals surface area (Å²) in [6.45, 7) is 1.03. The Morgan fingerprint density at radius 1 is 1.11 bits per heavy atom. The van der Waals surface area contributed by atoms with Crippen LogP contribution in [0.3, 0.4) is 0 Å². The molecule has 0 radical (unpaired) electrons. The molecule has 2 aliphatic heterocycles. The Kier molecular flexibility index (Phi) is 8.58. The molecule has 190 valence electrons. The first kappa shape index (κ1) is 25.7. The van der Waals surface area contributed by atoms with E-state index in [0.717, 1.165) is 11.1 Å². The Morgan fingerprint density at radius 2 is 1.89 bits per heavy atom. The van der Waals surface area contributed by atoms with Gasteiger partial charge >= 0.3 is 5.97 Å². The molecule has 3 fully saturated rings. The minimum Gasteiger partial charge on any atom is -0.481 e. The normalized spacial score (nSPS) is 25.2. The standard InChI is InChI=1S/C27H31FN4O4/c28-21-13-23(29-16-21)26(35)31-22-14-24(32(17-22)12-11-25(33)34)27(36)30-15-20-9-7-19(8-10-20)4-2-1-3-18-5-6-18/h7-10,18,21-24,29H,5-6,11-17H2,(H,30,36)(H,31,35)(H,33,34)/t21-,22+,23-,24+/m0/s1. The lowest BCUT2D eigenvalue weighted by Gasteiger charge is -2.22. The van der Waals surface area contributed by atoms with Crippen molar-refractivity contribution in [3.8, 4) is 23.7 Å². The fraction of sp³-hybridized carbons (Fsp3) is 0.519. The number of nitrogens with zero attached hydrogens (tertiary/aromatic N) is 1. The lowest BCUT2D eigenvalue weighted by molar-refractivity contribution is -0.138. The molecule has 3 aliphatic rings. The molecule has 1 aromatic rings. The SMILES string of the molecule is O=C(O)CCN1C[C@H](NC(=O)[C@@H]2C[C@H](F)CN2)C[C@@H]1C(=O)NCc1ccc(C#CC#CC2CC2)cc1. The molecule has 9 heteroatoms. The molecule has 2 heterocycles. The van der Waals surface area contributed by atoms with Crippen LogP contribution in [0.4, 0.5) is 4.39 Å². The summed E-state index contributed by atoms with van der Waals surface area (Å²) in [6.07, 6.45) is 1.68. The third-order valence-electron chi connectivity index (χ3n) is 6.60. The number of alkyl halides is 1. The number of nitrogens with one attached hydrogen (secondary N) is 3. The molecule has 0 spiro atoms. The zero-order valence-electron chi connectivity index (χ0n) is 20.1. The molecule has 36 heavy (non-hydrogen) atoms. The first-order chi connectivity index (χ1) is 17.4. The van der Waals surface area contributed by atoms with Crippen LogP contribution in [0.5, 0.6) is 0 Å². The van der Waals surface area contributed by atoms with E-state index in [4.69, 9.17) is 5.11 Å². The minimum absolute atomic E-state index is 0.105. The number of hydrogen-bond acceptors (Lipinski definition) is 5. The lowest BCUT2D eigenvalue weighted by atomic mass is 10.1. The Bertz CT molecular complexity index is 1100. The predicted octanol–water partition coefficient (Wildman–Crippen LogP) is 0.802. The van der Waals surface area contributed by atoms with E-state index in [1.807, 2.05) is 24.3 Å². The maximum absolute atomic E-state index is 13.4. The van der Waals surface area contributed by atoms with Gasteiger partial charge in [0.2, 0.25) is 11.8 Å². The van der Waals surface area contributed by atoms with Crippen LogP contribution in [0, 0.1) is 29.6 Å². The first-order valence-electron chi connectivity index (χ1n) is 12.4. The van der Waals surface area contributed by atoms with Gasteiger partial charge in [0.15, 0.2) is 0 Å². The van der Waals surface area contributed by atoms with Crippen molar-refractivity contribution in [2.45, 2.75) is 62.9 Å². The largest absolute Gasteiger partial charge is 0.481 e. The smallest absolute Gasteiger partial charge is 0.304 e. The quantitative estimate of drug-likeness (QED) is 0.398. The van der Waals surface area contributed by atoms with E-state index in [1.165, 1.54) is 12.8 Å². The lowest BCUT2D eigenvalue weighted by Crippen LogP contribution is -2.46. The van der Waals surface area contributed by atoms with Crippen molar-refractivity contribution in [1.29, 1.82) is 0 Å². The number of carbonyl (C=O) groups is 3. The van der Waals surface area contributed by atoms with Crippen molar-refractivity contribution in [2.24, 2.45) is 5.92 Å². The molecule has 1 aliphatic carbocycles. The van der Waals surface area contributed by atoms with Gasteiger partial charge in [-0.05, 0) is 48.8 Å². The number of carboxylic acids is 1. The van der Waals surface area contributed by atoms with Crippen LogP contribution in [0.25, 0.3) is 0 Å². The van der Waals surface area contributed by atoms with Crippen LogP contribution in [0.1, 0.15) is 43.2 Å². The van der Waals surface area contributed by atoms with Gasteiger partial charge in [-0.1, -0.05) is 24.0 Å². The fourth-order valence-electron chi connectivity index (χ4n) is 4.44. The van der Waals surface area contributed by atoms with Gasteiger partial charge in [-0.15, -0.1) is 0 Å². The Morgan fingerprint density at radius 3 is 2.56 bits per heavy atom. The number of hydrogen-bond donors (Lipinski definition) is 4. The summed E-state index contributed by atoms with van der Waals surface area (Å²) in [5, 5.41) is 17.8. The van der Waals surface area contributed by atoms with Gasteiger partial charge in [0, 0.05) is 50.1 Å². The van der Waals surface area contributed by atoms with Gasteiger partial charge < -0.3 is 21.1 Å². The van der Waals surface area contributed by atoms with Gasteiger partial charge in [0.25, 0.3) is 0 Å². The van der Waals surface area contributed by atoms with Crippen LogP contribution in [-0.4, -0.2) is 71.7 Å². The number of aliphatic carboxylic acids is 1. The Balaban J connectivity index is 1.30. The van der Waals surface area contributed by atoms with Crippen molar-refractivity contribution in [1.82, 2.24) is 20.9 Å². The molecule has 0 unspecified atom stereocenters. The second-order valence-electron chi connectivity index (χ2n) is 9.60. The third kappa shape index (κ3) is 7.55. The highest BCUT2D eigenvalue weighted by atomic mass is 19.1. The zero-order chi connectivity index (χ0) is 25.5. The van der Waals surface area contributed by atoms with E-state index in [1.54, 1.807) is 4.90 Å². The van der Waals surface area contributed by atoms with Crippen LogP contribution in [0.2, 0.25) is 0 Å². The molecule has 2 amide bonds. The molecular formula is C27H31FN4O4. The van der Waals surface area contributed by atoms with Crippen LogP contribution in [0.15, 0.2) is 24.3 Å². The summed E-state index contributed by atoms with van der Waals surface area (Å²) in [7, 11) is 0. The molecule has 4 atom stereocenters. The van der Waals surface area contributed by atoms with E-state index in [9.17, 15) is 18.8 Å². The van der Waals surface area contributed by atoms with E-state index >= 15 is 0 Å². The van der Waals surface area contributed by atoms with Gasteiger partial charge in [-0.3, -0.25) is 19.3 Å². The summed E-state index contributed by atoms with van der Waals surface area (Å²) >= 11 is 0. The zero-order valence-corrected chi connectivity index (χ0v) is 20.1. The highest BCUT2D eigenvalue weighted by Gasteiger charge is 2.39. The Hall–Kier alpha value is -3.40. The van der Waals surface area contributed by atoms with Crippen molar-refractivity contribution in [2.75, 3.05) is 19.6 Å². The van der Waals surface area contributed by atoms with E-state index in [2.05, 4.69) is 39.6 Å². The summed E-state index contributed by atoms with van der Waals surface area (Å²) in [5.74, 6) is 10.9. The topological polar surface area (TPSA) is 111 Å². The van der Waals surface area contributed by atoms with Crippen molar-refractivity contribution in [3.63, 3.8) is 0 Å². The summed E-state index contributed by atoms with van der Waals surface area (Å²) < 4.78 is 13.4. The number of carboxylic acid groups (broad SMARTS) is 1. The number of halogens is 1. The van der Waals surface area contributed by atoms with E-state index in [-0.39, 0.29) is 43.8 Å². The molecule has 8 nitrogen and oxygen atoms in total. The number of amides is 2. The third-order valence-corrected chi connectivity index (χ3v) is 6.60. The predicted molar refractivity (Wildman–Crippen MR) is 131 cm³/mol. The molecule has 4 N–H and O–H groups in total. The van der Waals surface area contributed by atoms with Crippen molar-refractivity contribution < 1.29 is 23.9 Å². The second-order valence-corrected chi connectivity index (χ2v) is 9.60. The molecule has 1 saturated carbocycles. The molecule has 4 rings (SSSR count). The Labute approximate surface area is 210 Å². The average Bonchev–Trinajstić information content (AvgIpc) is 3.44.